The van der Waals surface area contributed by atoms with Crippen molar-refractivity contribution in [2.75, 3.05) is 41.4 Å². The van der Waals surface area contributed by atoms with Crippen LogP contribution < -0.4 is 9.47 Å². The first-order chi connectivity index (χ1) is 16.5. The van der Waals surface area contributed by atoms with Crippen LogP contribution >= 0.6 is 23.2 Å². The van der Waals surface area contributed by atoms with Gasteiger partial charge in [-0.15, -0.1) is 0 Å². The summed E-state index contributed by atoms with van der Waals surface area (Å²) >= 11 is 12.7. The number of ether oxygens (including phenoxy) is 2. The van der Waals surface area contributed by atoms with Gasteiger partial charge in [0.2, 0.25) is 0 Å². The van der Waals surface area contributed by atoms with Gasteiger partial charge in [0.25, 0.3) is 11.7 Å². The van der Waals surface area contributed by atoms with E-state index in [1.807, 2.05) is 43.3 Å². The first-order valence-electron chi connectivity index (χ1n) is 11.2. The van der Waals surface area contributed by atoms with Gasteiger partial charge in [0.1, 0.15) is 10.8 Å². The van der Waals surface area contributed by atoms with E-state index < -0.39 is 23.5 Å². The SMILES string of the molecule is COc1c(Cl)cc(/C(O)=C2\C(=O)C(=O)N(CCN(C)C)C2c2ccc(C(C)C)cc2)c(OC)c1Cl. The molecule has 0 aromatic heterocycles. The van der Waals surface area contributed by atoms with Gasteiger partial charge < -0.3 is 24.4 Å². The molecular weight excluding hydrogens is 491 g/mol. The molecule has 0 saturated carbocycles. The zero-order valence-electron chi connectivity index (χ0n) is 20.7. The molecule has 2 aromatic carbocycles. The molecule has 0 radical (unpaired) electrons. The van der Waals surface area contributed by atoms with Crippen molar-refractivity contribution >= 4 is 40.7 Å². The van der Waals surface area contributed by atoms with Crippen molar-refractivity contribution in [2.45, 2.75) is 25.8 Å². The lowest BCUT2D eigenvalue weighted by molar-refractivity contribution is -0.140. The van der Waals surface area contributed by atoms with E-state index in [1.165, 1.54) is 25.2 Å². The van der Waals surface area contributed by atoms with E-state index in [4.69, 9.17) is 32.7 Å². The minimum atomic E-state index is -0.791. The number of ketones is 1. The molecule has 188 valence electrons. The Labute approximate surface area is 215 Å². The highest BCUT2D eigenvalue weighted by Crippen LogP contribution is 2.47. The van der Waals surface area contributed by atoms with Crippen molar-refractivity contribution in [3.8, 4) is 11.5 Å². The van der Waals surface area contributed by atoms with Gasteiger partial charge in [0, 0.05) is 13.1 Å². The third-order valence-corrected chi connectivity index (χ3v) is 6.67. The highest BCUT2D eigenvalue weighted by molar-refractivity contribution is 6.47. The Morgan fingerprint density at radius 2 is 1.69 bits per heavy atom. The summed E-state index contributed by atoms with van der Waals surface area (Å²) in [6.45, 7) is 5.01. The first kappa shape index (κ1) is 26.9. The number of nitrogens with zero attached hydrogens (tertiary/aromatic N) is 2. The number of halogens is 2. The molecule has 1 N–H and O–H groups in total. The number of amides is 1. The molecule has 7 nitrogen and oxygen atoms in total. The number of hydrogen-bond acceptors (Lipinski definition) is 6. The van der Waals surface area contributed by atoms with Crippen LogP contribution in [0.15, 0.2) is 35.9 Å². The molecule has 1 heterocycles. The van der Waals surface area contributed by atoms with E-state index in [0.717, 1.165) is 5.56 Å². The van der Waals surface area contributed by atoms with Crippen molar-refractivity contribution < 1.29 is 24.2 Å². The number of aliphatic hydroxyl groups excluding tert-OH is 1. The topological polar surface area (TPSA) is 79.3 Å². The van der Waals surface area contributed by atoms with Gasteiger partial charge in [-0.25, -0.2) is 0 Å². The van der Waals surface area contributed by atoms with Crippen LogP contribution in [0.25, 0.3) is 5.76 Å². The van der Waals surface area contributed by atoms with Crippen LogP contribution in [0.3, 0.4) is 0 Å². The largest absolute Gasteiger partial charge is 0.507 e. The molecule has 1 amide bonds. The third-order valence-electron chi connectivity index (χ3n) is 6.04. The van der Waals surface area contributed by atoms with Crippen molar-refractivity contribution in [2.24, 2.45) is 0 Å². The molecule has 1 aliphatic heterocycles. The fraction of sp³-hybridized carbons (Fsp3) is 0.385. The molecule has 2 aromatic rings. The molecule has 1 saturated heterocycles. The Morgan fingerprint density at radius 3 is 2.20 bits per heavy atom. The molecule has 1 unspecified atom stereocenters. The van der Waals surface area contributed by atoms with E-state index in [2.05, 4.69) is 13.8 Å². The zero-order chi connectivity index (χ0) is 26.0. The summed E-state index contributed by atoms with van der Waals surface area (Å²) in [5.74, 6) is -1.32. The van der Waals surface area contributed by atoms with Crippen molar-refractivity contribution in [3.05, 3.63) is 62.6 Å². The second-order valence-corrected chi connectivity index (χ2v) is 9.69. The Kier molecular flexibility index (Phi) is 8.36. The van der Waals surface area contributed by atoms with Crippen LogP contribution in [0.5, 0.6) is 11.5 Å². The predicted octanol–water partition coefficient (Wildman–Crippen LogP) is 5.12. The summed E-state index contributed by atoms with van der Waals surface area (Å²) in [4.78, 5) is 29.8. The van der Waals surface area contributed by atoms with Gasteiger partial charge >= 0.3 is 0 Å². The second kappa shape index (κ2) is 10.9. The predicted molar refractivity (Wildman–Crippen MR) is 138 cm³/mol. The number of methoxy groups -OCH3 is 2. The fourth-order valence-corrected chi connectivity index (χ4v) is 4.81. The van der Waals surface area contributed by atoms with Crippen LogP contribution in [-0.4, -0.2) is 68.0 Å². The van der Waals surface area contributed by atoms with Crippen LogP contribution in [0, 0.1) is 0 Å². The lowest BCUT2D eigenvalue weighted by Gasteiger charge is -2.27. The zero-order valence-corrected chi connectivity index (χ0v) is 22.2. The van der Waals surface area contributed by atoms with Crippen LogP contribution in [0.4, 0.5) is 0 Å². The van der Waals surface area contributed by atoms with Gasteiger partial charge in [0.05, 0.1) is 36.4 Å². The molecule has 0 spiro atoms. The normalized spacial score (nSPS) is 17.5. The maximum absolute atomic E-state index is 13.3. The smallest absolute Gasteiger partial charge is 0.295 e. The van der Waals surface area contributed by atoms with Crippen LogP contribution in [0.2, 0.25) is 10.0 Å². The summed E-state index contributed by atoms with van der Waals surface area (Å²) in [5.41, 5.74) is 1.87. The minimum Gasteiger partial charge on any atom is -0.507 e. The Hall–Kier alpha value is -2.74. The number of carbonyl (C=O) groups excluding carboxylic acids is 2. The van der Waals surface area contributed by atoms with E-state index in [9.17, 15) is 14.7 Å². The van der Waals surface area contributed by atoms with Crippen molar-refractivity contribution in [1.29, 1.82) is 0 Å². The van der Waals surface area contributed by atoms with Crippen LogP contribution in [-0.2, 0) is 9.59 Å². The molecule has 0 aliphatic carbocycles. The number of benzene rings is 2. The Balaban J connectivity index is 2.26. The summed E-state index contributed by atoms with van der Waals surface area (Å²) in [6, 6.07) is 8.31. The number of hydrogen-bond donors (Lipinski definition) is 1. The summed E-state index contributed by atoms with van der Waals surface area (Å²) in [5, 5.41) is 11.6. The number of aliphatic hydroxyl groups is 1. The summed E-state index contributed by atoms with van der Waals surface area (Å²) in [7, 11) is 6.55. The summed E-state index contributed by atoms with van der Waals surface area (Å²) in [6.07, 6.45) is 0. The first-order valence-corrected chi connectivity index (χ1v) is 11.9. The second-order valence-electron chi connectivity index (χ2n) is 8.90. The molecule has 3 rings (SSSR count). The molecule has 35 heavy (non-hydrogen) atoms. The maximum atomic E-state index is 13.3. The van der Waals surface area contributed by atoms with Crippen LogP contribution in [0.1, 0.15) is 42.5 Å². The lowest BCUT2D eigenvalue weighted by Crippen LogP contribution is -2.35. The van der Waals surface area contributed by atoms with Crippen molar-refractivity contribution in [3.63, 3.8) is 0 Å². The van der Waals surface area contributed by atoms with Gasteiger partial charge in [-0.2, -0.15) is 0 Å². The van der Waals surface area contributed by atoms with E-state index in [0.29, 0.717) is 24.6 Å². The van der Waals surface area contributed by atoms with E-state index >= 15 is 0 Å². The average molecular weight is 521 g/mol. The maximum Gasteiger partial charge on any atom is 0.295 e. The van der Waals surface area contributed by atoms with E-state index in [-0.39, 0.29) is 32.7 Å². The molecule has 9 heteroatoms. The standard InChI is InChI=1S/C26H30Cl2N2O5/c1-14(2)15-7-9-16(10-8-15)21-19(23(32)26(33)30(21)12-11-29(3)4)22(31)17-13-18(27)25(35-6)20(28)24(17)34-5/h7-10,13-14,21,31H,11-12H2,1-6H3/b22-19+. The lowest BCUT2D eigenvalue weighted by atomic mass is 9.93. The minimum absolute atomic E-state index is 0.0451. The number of likely N-dealkylation sites (tertiary alicyclic amines) is 1. The highest BCUT2D eigenvalue weighted by Gasteiger charge is 2.46. The molecule has 1 fully saturated rings. The van der Waals surface area contributed by atoms with Gasteiger partial charge in [0.15, 0.2) is 11.5 Å². The fourth-order valence-electron chi connectivity index (χ4n) is 4.12. The third kappa shape index (κ3) is 5.13. The van der Waals surface area contributed by atoms with Gasteiger partial charge in [-0.05, 0) is 37.2 Å². The molecular formula is C26H30Cl2N2O5. The number of Topliss-reactive ketones (excluding diaryl/α,β-unsaturated/α-hetero) is 1. The van der Waals surface area contributed by atoms with E-state index in [1.54, 1.807) is 0 Å². The number of carbonyl (C=O) groups is 2. The Morgan fingerprint density at radius 1 is 1.09 bits per heavy atom. The molecule has 0 bridgehead atoms. The molecule has 1 atom stereocenters. The monoisotopic (exact) mass is 520 g/mol. The number of likely N-dealkylation sites (N-methyl/N-ethyl adjacent to an activating group) is 1. The van der Waals surface area contributed by atoms with Crippen molar-refractivity contribution in [1.82, 2.24) is 9.80 Å². The Bertz CT molecular complexity index is 1160. The molecule has 1 aliphatic rings. The average Bonchev–Trinajstić information content (AvgIpc) is 3.07. The number of rotatable bonds is 8. The van der Waals surface area contributed by atoms with Gasteiger partial charge in [-0.1, -0.05) is 61.3 Å². The quantitative estimate of drug-likeness (QED) is 0.295. The van der Waals surface area contributed by atoms with Gasteiger partial charge in [-0.3, -0.25) is 9.59 Å². The summed E-state index contributed by atoms with van der Waals surface area (Å²) < 4.78 is 10.7. The highest BCUT2D eigenvalue weighted by atomic mass is 35.5.